The number of rotatable bonds is 2. The van der Waals surface area contributed by atoms with Crippen molar-refractivity contribution in [3.63, 3.8) is 0 Å². The van der Waals surface area contributed by atoms with Gasteiger partial charge in [0.25, 0.3) is 5.91 Å². The van der Waals surface area contributed by atoms with E-state index in [1.165, 1.54) is 5.56 Å². The summed E-state index contributed by atoms with van der Waals surface area (Å²) < 4.78 is 0. The number of carbonyl (C=O) groups excluding carboxylic acids is 1. The highest BCUT2D eigenvalue weighted by atomic mass is 16.2. The number of nitrogen functional groups attached to an aromatic ring is 1. The van der Waals surface area contributed by atoms with E-state index in [1.807, 2.05) is 36.1 Å². The maximum absolute atomic E-state index is 13.1. The van der Waals surface area contributed by atoms with E-state index in [0.29, 0.717) is 11.6 Å². The Bertz CT molecular complexity index is 754. The highest BCUT2D eigenvalue weighted by Crippen LogP contribution is 2.36. The van der Waals surface area contributed by atoms with E-state index in [2.05, 4.69) is 37.2 Å². The molecule has 0 bridgehead atoms. The van der Waals surface area contributed by atoms with Gasteiger partial charge in [0, 0.05) is 29.5 Å². The summed E-state index contributed by atoms with van der Waals surface area (Å²) in [5.74, 6) is 0.0463. The molecule has 0 spiro atoms. The van der Waals surface area contributed by atoms with Gasteiger partial charge < -0.3 is 15.5 Å². The number of aryl methyl sites for hydroxylation is 1. The van der Waals surface area contributed by atoms with Gasteiger partial charge in [0.05, 0.1) is 0 Å². The first-order valence-electron chi connectivity index (χ1n) is 8.42. The Balaban J connectivity index is 2.02. The van der Waals surface area contributed by atoms with Crippen LogP contribution in [0.25, 0.3) is 0 Å². The Morgan fingerprint density at radius 2 is 1.96 bits per heavy atom. The Kier molecular flexibility index (Phi) is 4.58. The molecule has 1 unspecified atom stereocenters. The highest BCUT2D eigenvalue weighted by Gasteiger charge is 2.27. The summed E-state index contributed by atoms with van der Waals surface area (Å²) in [5.41, 5.74) is 10.5. The van der Waals surface area contributed by atoms with Crippen molar-refractivity contribution < 1.29 is 4.79 Å². The van der Waals surface area contributed by atoms with Gasteiger partial charge in [-0.25, -0.2) is 0 Å². The van der Waals surface area contributed by atoms with Crippen LogP contribution in [-0.2, 0) is 0 Å². The first kappa shape index (κ1) is 16.5. The third-order valence-electron chi connectivity index (χ3n) is 4.83. The smallest absolute Gasteiger partial charge is 0.258 e. The number of amides is 1. The monoisotopic (exact) mass is 323 g/mol. The van der Waals surface area contributed by atoms with Crippen LogP contribution in [0.2, 0.25) is 0 Å². The fourth-order valence-corrected chi connectivity index (χ4v) is 3.45. The number of nitrogens with zero attached hydrogens (tertiary/aromatic N) is 2. The zero-order chi connectivity index (χ0) is 17.3. The molecule has 0 fully saturated rings. The molecule has 2 N–H and O–H groups in total. The van der Waals surface area contributed by atoms with Gasteiger partial charge in [-0.15, -0.1) is 0 Å². The van der Waals surface area contributed by atoms with Crippen LogP contribution >= 0.6 is 0 Å². The van der Waals surface area contributed by atoms with Gasteiger partial charge in [-0.2, -0.15) is 0 Å². The van der Waals surface area contributed by atoms with Crippen molar-refractivity contribution in [3.8, 4) is 0 Å². The van der Waals surface area contributed by atoms with E-state index in [0.717, 1.165) is 36.3 Å². The first-order valence-corrected chi connectivity index (χ1v) is 8.42. The molecule has 3 rings (SSSR count). The van der Waals surface area contributed by atoms with Gasteiger partial charge in [-0.3, -0.25) is 4.79 Å². The number of hydrogen-bond acceptors (Lipinski definition) is 3. The molecule has 1 aliphatic heterocycles. The van der Waals surface area contributed by atoms with Gasteiger partial charge in [0.2, 0.25) is 0 Å². The molecular formula is C20H25N3O. The van der Waals surface area contributed by atoms with E-state index in [4.69, 9.17) is 5.73 Å². The minimum atomic E-state index is 0.0463. The molecule has 1 amide bonds. The van der Waals surface area contributed by atoms with E-state index in [-0.39, 0.29) is 5.91 Å². The highest BCUT2D eigenvalue weighted by molar-refractivity contribution is 6.07. The largest absolute Gasteiger partial charge is 0.399 e. The second kappa shape index (κ2) is 6.65. The summed E-state index contributed by atoms with van der Waals surface area (Å²) in [4.78, 5) is 17.3. The maximum Gasteiger partial charge on any atom is 0.258 e. The van der Waals surface area contributed by atoms with E-state index in [9.17, 15) is 4.79 Å². The Hall–Kier alpha value is -2.33. The van der Waals surface area contributed by atoms with Crippen molar-refractivity contribution in [2.75, 3.05) is 31.3 Å². The standard InChI is InChI=1S/C20H25N3O/c1-14-13-15(10-11-17(14)21)20(24)23-12-6-9-18(22(2)3)16-7-4-5-8-19(16)23/h4-5,7-8,10-11,13,18H,6,9,12,21H2,1-3H3. The molecule has 24 heavy (non-hydrogen) atoms. The molecule has 0 radical (unpaired) electrons. The van der Waals surface area contributed by atoms with E-state index >= 15 is 0 Å². The van der Waals surface area contributed by atoms with Crippen LogP contribution in [0.4, 0.5) is 11.4 Å². The molecule has 4 heteroatoms. The van der Waals surface area contributed by atoms with Gasteiger partial charge in [0.1, 0.15) is 0 Å². The fourth-order valence-electron chi connectivity index (χ4n) is 3.45. The van der Waals surface area contributed by atoms with Crippen molar-refractivity contribution in [3.05, 3.63) is 59.2 Å². The lowest BCUT2D eigenvalue weighted by molar-refractivity contribution is 0.0987. The molecule has 0 aromatic heterocycles. The lowest BCUT2D eigenvalue weighted by Gasteiger charge is -2.27. The van der Waals surface area contributed by atoms with Crippen LogP contribution in [-0.4, -0.2) is 31.4 Å². The van der Waals surface area contributed by atoms with Crippen molar-refractivity contribution in [1.82, 2.24) is 4.90 Å². The molecule has 1 heterocycles. The van der Waals surface area contributed by atoms with Gasteiger partial charge in [-0.05, 0) is 69.3 Å². The molecule has 0 aliphatic carbocycles. The summed E-state index contributed by atoms with van der Waals surface area (Å²) >= 11 is 0. The quantitative estimate of drug-likeness (QED) is 0.859. The summed E-state index contributed by atoms with van der Waals surface area (Å²) in [7, 11) is 4.20. The van der Waals surface area contributed by atoms with Gasteiger partial charge in [-0.1, -0.05) is 18.2 Å². The summed E-state index contributed by atoms with van der Waals surface area (Å²) in [6.45, 7) is 2.67. The first-order chi connectivity index (χ1) is 11.5. The zero-order valence-electron chi connectivity index (χ0n) is 14.6. The predicted molar refractivity (Wildman–Crippen MR) is 99.4 cm³/mol. The van der Waals surface area contributed by atoms with Gasteiger partial charge in [0.15, 0.2) is 0 Å². The van der Waals surface area contributed by atoms with Crippen LogP contribution < -0.4 is 10.6 Å². The average Bonchev–Trinajstić information content (AvgIpc) is 2.76. The fraction of sp³-hybridized carbons (Fsp3) is 0.350. The van der Waals surface area contributed by atoms with E-state index < -0.39 is 0 Å². The molecule has 2 aromatic carbocycles. The second-order valence-corrected chi connectivity index (χ2v) is 6.71. The van der Waals surface area contributed by atoms with Crippen LogP contribution in [0.1, 0.15) is 40.4 Å². The molecule has 126 valence electrons. The lowest BCUT2D eigenvalue weighted by atomic mass is 10.0. The topological polar surface area (TPSA) is 49.6 Å². The number of anilines is 2. The van der Waals surface area contributed by atoms with Crippen LogP contribution in [0.15, 0.2) is 42.5 Å². The minimum Gasteiger partial charge on any atom is -0.399 e. The Morgan fingerprint density at radius 3 is 2.67 bits per heavy atom. The number of carbonyl (C=O) groups is 1. The predicted octanol–water partition coefficient (Wildman–Crippen LogP) is 3.62. The van der Waals surface area contributed by atoms with Crippen LogP contribution in [0, 0.1) is 6.92 Å². The molecule has 0 saturated carbocycles. The average molecular weight is 323 g/mol. The number of fused-ring (bicyclic) bond motifs is 1. The third kappa shape index (κ3) is 3.02. The Labute approximate surface area is 143 Å². The molecule has 2 aromatic rings. The van der Waals surface area contributed by atoms with E-state index in [1.54, 1.807) is 0 Å². The summed E-state index contributed by atoms with van der Waals surface area (Å²) in [5, 5.41) is 0. The van der Waals surface area contributed by atoms with Gasteiger partial charge >= 0.3 is 0 Å². The summed E-state index contributed by atoms with van der Waals surface area (Å²) in [6.07, 6.45) is 2.03. The maximum atomic E-state index is 13.1. The Morgan fingerprint density at radius 1 is 1.21 bits per heavy atom. The van der Waals surface area contributed by atoms with Crippen molar-refractivity contribution in [2.45, 2.75) is 25.8 Å². The van der Waals surface area contributed by atoms with Crippen molar-refractivity contribution in [1.29, 1.82) is 0 Å². The number of benzene rings is 2. The zero-order valence-corrected chi connectivity index (χ0v) is 14.6. The third-order valence-corrected chi connectivity index (χ3v) is 4.83. The van der Waals surface area contributed by atoms with Crippen molar-refractivity contribution in [2.24, 2.45) is 0 Å². The molecule has 1 atom stereocenters. The van der Waals surface area contributed by atoms with Crippen molar-refractivity contribution >= 4 is 17.3 Å². The summed E-state index contributed by atoms with van der Waals surface area (Å²) in [6, 6.07) is 14.1. The normalized spacial score (nSPS) is 17.5. The molecule has 4 nitrogen and oxygen atoms in total. The number of para-hydroxylation sites is 1. The molecule has 0 saturated heterocycles. The molecule has 1 aliphatic rings. The molecular weight excluding hydrogens is 298 g/mol. The minimum absolute atomic E-state index is 0.0463. The van der Waals surface area contributed by atoms with Crippen LogP contribution in [0.3, 0.4) is 0 Å². The number of hydrogen-bond donors (Lipinski definition) is 1. The second-order valence-electron chi connectivity index (χ2n) is 6.71. The SMILES string of the molecule is Cc1cc(C(=O)N2CCCC(N(C)C)c3ccccc32)ccc1N. The van der Waals surface area contributed by atoms with Crippen LogP contribution in [0.5, 0.6) is 0 Å². The number of nitrogens with two attached hydrogens (primary N) is 1. The lowest BCUT2D eigenvalue weighted by Crippen LogP contribution is -2.32.